The molecule has 0 bridgehead atoms. The molecule has 0 radical (unpaired) electrons. The Hall–Kier alpha value is -3.10. The highest BCUT2D eigenvalue weighted by Crippen LogP contribution is 2.34. The second-order valence-corrected chi connectivity index (χ2v) is 10.6. The summed E-state index contributed by atoms with van der Waals surface area (Å²) in [6, 6.07) is 18.0. The number of rotatable bonds is 4. The third kappa shape index (κ3) is 4.48. The Labute approximate surface area is 216 Å². The minimum Gasteiger partial charge on any atom is -0.336 e. The number of amides is 3. The largest absolute Gasteiger partial charge is 0.336 e. The van der Waals surface area contributed by atoms with E-state index in [9.17, 15) is 14.4 Å². The highest BCUT2D eigenvalue weighted by Gasteiger charge is 2.37. The van der Waals surface area contributed by atoms with Crippen molar-refractivity contribution in [3.63, 3.8) is 0 Å². The molecule has 178 valence electrons. The van der Waals surface area contributed by atoms with E-state index >= 15 is 0 Å². The molecule has 0 atom stereocenters. The summed E-state index contributed by atoms with van der Waals surface area (Å²) in [4.78, 5) is 41.8. The standard InChI is InChI=1S/C27H24BrN3O3S/c1-17-13-21(18(2)31(17)23-10-6-5-9-22(23)28)14-24-26(33)30(27(34)35-24)16-25(32)29-12-11-19-7-3-4-8-20(19)15-29/h3-10,13-14H,11-12,15-16H2,1-2H3/b24-14-. The van der Waals surface area contributed by atoms with Crippen molar-refractivity contribution in [2.24, 2.45) is 0 Å². The van der Waals surface area contributed by atoms with Gasteiger partial charge in [0.1, 0.15) is 6.54 Å². The summed E-state index contributed by atoms with van der Waals surface area (Å²) in [7, 11) is 0. The number of halogens is 1. The van der Waals surface area contributed by atoms with E-state index in [-0.39, 0.29) is 12.5 Å². The first-order chi connectivity index (χ1) is 16.8. The lowest BCUT2D eigenvalue weighted by atomic mass is 10.00. The number of carbonyl (C=O) groups is 3. The summed E-state index contributed by atoms with van der Waals surface area (Å²) < 4.78 is 3.07. The van der Waals surface area contributed by atoms with Gasteiger partial charge in [-0.1, -0.05) is 36.4 Å². The second-order valence-electron chi connectivity index (χ2n) is 8.72. The molecule has 2 aromatic carbocycles. The van der Waals surface area contributed by atoms with Crippen molar-refractivity contribution in [2.75, 3.05) is 13.1 Å². The van der Waals surface area contributed by atoms with Crippen LogP contribution in [0.3, 0.4) is 0 Å². The summed E-state index contributed by atoms with van der Waals surface area (Å²) in [5, 5.41) is -0.411. The Morgan fingerprint density at radius 2 is 1.77 bits per heavy atom. The van der Waals surface area contributed by atoms with Gasteiger partial charge in [0.05, 0.1) is 10.6 Å². The zero-order valence-electron chi connectivity index (χ0n) is 19.5. The van der Waals surface area contributed by atoms with Crippen molar-refractivity contribution in [3.8, 4) is 5.69 Å². The Kier molecular flexibility index (Phi) is 6.42. The molecule has 8 heteroatoms. The molecule has 1 saturated heterocycles. The number of carbonyl (C=O) groups excluding carboxylic acids is 3. The lowest BCUT2D eigenvalue weighted by molar-refractivity contribution is -0.136. The maximum Gasteiger partial charge on any atom is 0.294 e. The zero-order chi connectivity index (χ0) is 24.7. The number of benzene rings is 2. The molecule has 0 unspecified atom stereocenters. The van der Waals surface area contributed by atoms with Crippen molar-refractivity contribution >= 4 is 50.8 Å². The van der Waals surface area contributed by atoms with Crippen LogP contribution in [0.15, 0.2) is 64.0 Å². The molecule has 6 nitrogen and oxygen atoms in total. The fraction of sp³-hybridized carbons (Fsp3) is 0.222. The van der Waals surface area contributed by atoms with Gasteiger partial charge in [0, 0.05) is 29.0 Å². The molecule has 0 saturated carbocycles. The molecule has 0 aliphatic carbocycles. The van der Waals surface area contributed by atoms with Gasteiger partial charge in [0.15, 0.2) is 0 Å². The van der Waals surface area contributed by atoms with Gasteiger partial charge < -0.3 is 9.47 Å². The molecule has 1 aromatic heterocycles. The van der Waals surface area contributed by atoms with E-state index < -0.39 is 11.1 Å². The molecule has 35 heavy (non-hydrogen) atoms. The number of aromatic nitrogens is 1. The molecule has 1 fully saturated rings. The van der Waals surface area contributed by atoms with E-state index in [2.05, 4.69) is 26.6 Å². The van der Waals surface area contributed by atoms with Gasteiger partial charge in [0.25, 0.3) is 11.1 Å². The van der Waals surface area contributed by atoms with E-state index in [0.717, 1.165) is 55.8 Å². The van der Waals surface area contributed by atoms with E-state index in [4.69, 9.17) is 0 Å². The van der Waals surface area contributed by atoms with Crippen LogP contribution in [0.1, 0.15) is 28.1 Å². The maximum absolute atomic E-state index is 13.1. The van der Waals surface area contributed by atoms with Crippen molar-refractivity contribution in [2.45, 2.75) is 26.8 Å². The number of para-hydroxylation sites is 1. The fourth-order valence-electron chi connectivity index (χ4n) is 4.66. The minimum atomic E-state index is -0.420. The molecule has 2 aliphatic rings. The van der Waals surface area contributed by atoms with Crippen LogP contribution in [0.5, 0.6) is 0 Å². The third-order valence-electron chi connectivity index (χ3n) is 6.50. The summed E-state index contributed by atoms with van der Waals surface area (Å²) >= 11 is 4.49. The van der Waals surface area contributed by atoms with Crippen LogP contribution in [0.25, 0.3) is 11.8 Å². The highest BCUT2D eigenvalue weighted by atomic mass is 79.9. The van der Waals surface area contributed by atoms with Gasteiger partial charge in [0.2, 0.25) is 5.91 Å². The van der Waals surface area contributed by atoms with Crippen LogP contribution in [-0.4, -0.2) is 44.5 Å². The van der Waals surface area contributed by atoms with Crippen LogP contribution in [-0.2, 0) is 22.6 Å². The van der Waals surface area contributed by atoms with Gasteiger partial charge in [-0.2, -0.15) is 0 Å². The van der Waals surface area contributed by atoms with Crippen LogP contribution >= 0.6 is 27.7 Å². The number of fused-ring (bicyclic) bond motifs is 1. The van der Waals surface area contributed by atoms with Crippen molar-refractivity contribution < 1.29 is 14.4 Å². The highest BCUT2D eigenvalue weighted by molar-refractivity contribution is 9.10. The summed E-state index contributed by atoms with van der Waals surface area (Å²) in [5.41, 5.74) is 6.20. The minimum absolute atomic E-state index is 0.213. The Morgan fingerprint density at radius 3 is 2.54 bits per heavy atom. The number of thioether (sulfide) groups is 1. The normalized spacial score (nSPS) is 16.8. The SMILES string of the molecule is Cc1cc(/C=C2\SC(=O)N(CC(=O)N3CCc4ccccc4C3)C2=O)c(C)n1-c1ccccc1Br. The first kappa shape index (κ1) is 23.6. The third-order valence-corrected chi connectivity index (χ3v) is 8.08. The Morgan fingerprint density at radius 1 is 1.06 bits per heavy atom. The first-order valence-corrected chi connectivity index (χ1v) is 13.0. The molecule has 3 aromatic rings. The predicted molar refractivity (Wildman–Crippen MR) is 141 cm³/mol. The molecule has 0 spiro atoms. The lowest BCUT2D eigenvalue weighted by Crippen LogP contribution is -2.44. The second kappa shape index (κ2) is 9.51. The monoisotopic (exact) mass is 549 g/mol. The number of imide groups is 1. The van der Waals surface area contributed by atoms with E-state index in [0.29, 0.717) is 18.0 Å². The average Bonchev–Trinajstić information content (AvgIpc) is 3.28. The van der Waals surface area contributed by atoms with Crippen molar-refractivity contribution in [1.82, 2.24) is 14.4 Å². The Bertz CT molecular complexity index is 1390. The van der Waals surface area contributed by atoms with Crippen molar-refractivity contribution in [1.29, 1.82) is 0 Å². The quantitative estimate of drug-likeness (QED) is 0.404. The zero-order valence-corrected chi connectivity index (χ0v) is 21.9. The van der Waals surface area contributed by atoms with Gasteiger partial charge in [-0.25, -0.2) is 0 Å². The fourth-order valence-corrected chi connectivity index (χ4v) is 5.95. The molecule has 5 rings (SSSR count). The molecule has 0 N–H and O–H groups in total. The maximum atomic E-state index is 13.1. The average molecular weight is 550 g/mol. The Balaban J connectivity index is 1.34. The van der Waals surface area contributed by atoms with Crippen LogP contribution in [0.4, 0.5) is 4.79 Å². The number of hydrogen-bond acceptors (Lipinski definition) is 4. The van der Waals surface area contributed by atoms with Crippen LogP contribution in [0, 0.1) is 13.8 Å². The van der Waals surface area contributed by atoms with E-state index in [1.54, 1.807) is 11.0 Å². The lowest BCUT2D eigenvalue weighted by Gasteiger charge is -2.29. The van der Waals surface area contributed by atoms with Gasteiger partial charge in [-0.05, 0) is 88.9 Å². The summed E-state index contributed by atoms with van der Waals surface area (Å²) in [5.74, 6) is -0.633. The first-order valence-electron chi connectivity index (χ1n) is 11.4. The van der Waals surface area contributed by atoms with Crippen molar-refractivity contribution in [3.05, 3.63) is 92.1 Å². The smallest absolute Gasteiger partial charge is 0.294 e. The van der Waals surface area contributed by atoms with Crippen LogP contribution in [0.2, 0.25) is 0 Å². The van der Waals surface area contributed by atoms with Crippen LogP contribution < -0.4 is 0 Å². The molecule has 3 heterocycles. The van der Waals surface area contributed by atoms with E-state index in [1.807, 2.05) is 62.4 Å². The molecular formula is C27H24BrN3O3S. The van der Waals surface area contributed by atoms with E-state index in [1.165, 1.54) is 5.56 Å². The molecule has 3 amide bonds. The van der Waals surface area contributed by atoms with Gasteiger partial charge in [-0.3, -0.25) is 19.3 Å². The predicted octanol–water partition coefficient (Wildman–Crippen LogP) is 5.48. The summed E-state index contributed by atoms with van der Waals surface area (Å²) in [6.45, 7) is 4.84. The number of nitrogens with zero attached hydrogens (tertiary/aromatic N) is 3. The summed E-state index contributed by atoms with van der Waals surface area (Å²) in [6.07, 6.45) is 2.53. The topological polar surface area (TPSA) is 62.6 Å². The number of hydrogen-bond donors (Lipinski definition) is 0. The van der Waals surface area contributed by atoms with Gasteiger partial charge in [-0.15, -0.1) is 0 Å². The molecule has 2 aliphatic heterocycles. The number of aryl methyl sites for hydroxylation is 1. The molecular weight excluding hydrogens is 526 g/mol. The van der Waals surface area contributed by atoms with Gasteiger partial charge >= 0.3 is 0 Å².